The monoisotopic (exact) mass is 320 g/mol. The molecule has 5 heteroatoms. The lowest BCUT2D eigenvalue weighted by molar-refractivity contribution is 0.116. The van der Waals surface area contributed by atoms with Gasteiger partial charge >= 0.3 is 0 Å². The van der Waals surface area contributed by atoms with Gasteiger partial charge in [-0.3, -0.25) is 4.90 Å². The van der Waals surface area contributed by atoms with Gasteiger partial charge in [0.05, 0.1) is 12.6 Å². The number of ether oxygens (including phenoxy) is 1. The molecule has 0 aromatic carbocycles. The van der Waals surface area contributed by atoms with Gasteiger partial charge in [-0.05, 0) is 35.5 Å². The lowest BCUT2D eigenvalue weighted by Gasteiger charge is -2.32. The molecule has 0 spiro atoms. The van der Waals surface area contributed by atoms with Gasteiger partial charge in [-0.1, -0.05) is 6.92 Å². The van der Waals surface area contributed by atoms with Gasteiger partial charge in [-0.2, -0.15) is 0 Å². The summed E-state index contributed by atoms with van der Waals surface area (Å²) in [5.74, 6) is 0. The Morgan fingerprint density at radius 3 is 2.71 bits per heavy atom. The quantitative estimate of drug-likeness (QED) is 0.839. The zero-order valence-corrected chi connectivity index (χ0v) is 13.1. The molecule has 1 aromatic heterocycles. The molecule has 1 aromatic rings. The van der Waals surface area contributed by atoms with Crippen molar-refractivity contribution >= 4 is 27.3 Å². The number of hydrogen-bond acceptors (Lipinski definition) is 4. The molecule has 0 radical (unpaired) electrons. The maximum Gasteiger partial charge on any atom is 0.0591 e. The van der Waals surface area contributed by atoms with Crippen LogP contribution < -0.4 is 5.73 Å². The maximum absolute atomic E-state index is 6.14. The second kappa shape index (κ2) is 7.48. The zero-order chi connectivity index (χ0) is 12.8. The predicted octanol–water partition coefficient (Wildman–Crippen LogP) is 2.87. The van der Waals surface area contributed by atoms with E-state index >= 15 is 0 Å². The average molecular weight is 321 g/mol. The first kappa shape index (κ1) is 15.1. The predicted molar refractivity (Wildman–Crippen MR) is 77.5 cm³/mol. The highest BCUT2D eigenvalue weighted by Gasteiger charge is 2.24. The number of nitrogens with two attached hydrogens (primary N) is 1. The largest absolute Gasteiger partial charge is 0.383 e. The minimum Gasteiger partial charge on any atom is -0.383 e. The molecular weight excluding hydrogens is 300 g/mol. The standard InChI is InChI=1S/C12H21BrN2OS/c1-4-15(5-6-16-3)12(9(2)14)11-7-10(13)8-17-11/h7-9,12H,4-6,14H2,1-3H3. The van der Waals surface area contributed by atoms with Crippen LogP contribution in [0.4, 0.5) is 0 Å². The fourth-order valence-corrected chi connectivity index (χ4v) is 3.65. The molecule has 0 aliphatic heterocycles. The van der Waals surface area contributed by atoms with E-state index in [1.54, 1.807) is 18.4 Å². The van der Waals surface area contributed by atoms with Crippen LogP contribution in [0.2, 0.25) is 0 Å². The van der Waals surface area contributed by atoms with Gasteiger partial charge in [0.15, 0.2) is 0 Å². The third kappa shape index (κ3) is 4.34. The molecule has 2 N–H and O–H groups in total. The summed E-state index contributed by atoms with van der Waals surface area (Å²) < 4.78 is 6.29. The Labute approximate surface area is 116 Å². The summed E-state index contributed by atoms with van der Waals surface area (Å²) in [4.78, 5) is 3.68. The van der Waals surface area contributed by atoms with Gasteiger partial charge in [0, 0.05) is 34.4 Å². The summed E-state index contributed by atoms with van der Waals surface area (Å²) >= 11 is 5.25. The van der Waals surface area contributed by atoms with E-state index in [9.17, 15) is 0 Å². The first-order valence-electron chi connectivity index (χ1n) is 5.82. The van der Waals surface area contributed by atoms with Crippen LogP contribution in [0.15, 0.2) is 15.9 Å². The Morgan fingerprint density at radius 2 is 2.29 bits per heavy atom. The molecule has 0 fully saturated rings. The summed E-state index contributed by atoms with van der Waals surface area (Å²) in [5.41, 5.74) is 6.14. The van der Waals surface area contributed by atoms with Crippen molar-refractivity contribution in [2.24, 2.45) is 5.73 Å². The summed E-state index contributed by atoms with van der Waals surface area (Å²) in [6.07, 6.45) is 0. The van der Waals surface area contributed by atoms with Crippen LogP contribution in [-0.2, 0) is 4.74 Å². The molecule has 0 saturated heterocycles. The number of likely N-dealkylation sites (N-methyl/N-ethyl adjacent to an activating group) is 1. The summed E-state index contributed by atoms with van der Waals surface area (Å²) in [6.45, 7) is 6.85. The number of halogens is 1. The van der Waals surface area contributed by atoms with Crippen LogP contribution in [0.5, 0.6) is 0 Å². The van der Waals surface area contributed by atoms with Crippen molar-refractivity contribution in [1.29, 1.82) is 0 Å². The molecule has 1 heterocycles. The van der Waals surface area contributed by atoms with Crippen LogP contribution in [0.25, 0.3) is 0 Å². The minimum absolute atomic E-state index is 0.109. The molecule has 0 amide bonds. The fraction of sp³-hybridized carbons (Fsp3) is 0.667. The number of nitrogens with zero attached hydrogens (tertiary/aromatic N) is 1. The second-order valence-electron chi connectivity index (χ2n) is 4.09. The van der Waals surface area contributed by atoms with Gasteiger partial charge in [-0.15, -0.1) is 11.3 Å². The van der Waals surface area contributed by atoms with Crippen molar-refractivity contribution in [2.45, 2.75) is 25.9 Å². The van der Waals surface area contributed by atoms with Crippen LogP contribution in [0.1, 0.15) is 24.8 Å². The zero-order valence-electron chi connectivity index (χ0n) is 10.6. The molecule has 0 bridgehead atoms. The van der Waals surface area contributed by atoms with Gasteiger partial charge in [0.2, 0.25) is 0 Å². The lowest BCUT2D eigenvalue weighted by Crippen LogP contribution is -2.40. The summed E-state index contributed by atoms with van der Waals surface area (Å²) in [6, 6.07) is 2.54. The van der Waals surface area contributed by atoms with Gasteiger partial charge < -0.3 is 10.5 Å². The van der Waals surface area contributed by atoms with Crippen molar-refractivity contribution < 1.29 is 4.74 Å². The van der Waals surface area contributed by atoms with Crippen molar-refractivity contribution in [2.75, 3.05) is 26.8 Å². The van der Waals surface area contributed by atoms with Crippen molar-refractivity contribution in [3.8, 4) is 0 Å². The van der Waals surface area contributed by atoms with Gasteiger partial charge in [0.1, 0.15) is 0 Å². The summed E-state index contributed by atoms with van der Waals surface area (Å²) in [7, 11) is 1.73. The molecule has 2 unspecified atom stereocenters. The first-order chi connectivity index (χ1) is 8.10. The maximum atomic E-state index is 6.14. The Balaban J connectivity index is 2.83. The molecular formula is C12H21BrN2OS. The highest BCUT2D eigenvalue weighted by molar-refractivity contribution is 9.10. The minimum atomic E-state index is 0.109. The molecule has 1 rings (SSSR count). The smallest absolute Gasteiger partial charge is 0.0591 e. The molecule has 3 nitrogen and oxygen atoms in total. The van der Waals surface area contributed by atoms with E-state index in [0.717, 1.165) is 24.2 Å². The number of hydrogen-bond donors (Lipinski definition) is 1. The van der Waals surface area contributed by atoms with Crippen LogP contribution >= 0.6 is 27.3 Å². The van der Waals surface area contributed by atoms with Crippen molar-refractivity contribution in [3.63, 3.8) is 0 Å². The Morgan fingerprint density at radius 1 is 1.59 bits per heavy atom. The number of thiophene rings is 1. The van der Waals surface area contributed by atoms with Crippen molar-refractivity contribution in [3.05, 3.63) is 20.8 Å². The van der Waals surface area contributed by atoms with E-state index in [4.69, 9.17) is 10.5 Å². The van der Waals surface area contributed by atoms with Crippen LogP contribution in [-0.4, -0.2) is 37.7 Å². The van der Waals surface area contributed by atoms with E-state index in [0.29, 0.717) is 0 Å². The van der Waals surface area contributed by atoms with Gasteiger partial charge in [-0.25, -0.2) is 0 Å². The fourth-order valence-electron chi connectivity index (χ4n) is 1.96. The third-order valence-electron chi connectivity index (χ3n) is 2.76. The highest BCUT2D eigenvalue weighted by atomic mass is 79.9. The Kier molecular flexibility index (Phi) is 6.66. The van der Waals surface area contributed by atoms with Crippen molar-refractivity contribution in [1.82, 2.24) is 4.90 Å². The van der Waals surface area contributed by atoms with E-state index in [1.807, 2.05) is 0 Å². The number of methoxy groups -OCH3 is 1. The molecule has 0 aliphatic carbocycles. The van der Waals surface area contributed by atoms with Gasteiger partial charge in [0.25, 0.3) is 0 Å². The average Bonchev–Trinajstić information content (AvgIpc) is 2.69. The topological polar surface area (TPSA) is 38.5 Å². The second-order valence-corrected chi connectivity index (χ2v) is 5.95. The molecule has 2 atom stereocenters. The molecule has 17 heavy (non-hydrogen) atoms. The lowest BCUT2D eigenvalue weighted by atomic mass is 10.1. The van der Waals surface area contributed by atoms with E-state index in [2.05, 4.69) is 46.1 Å². The highest BCUT2D eigenvalue weighted by Crippen LogP contribution is 2.31. The van der Waals surface area contributed by atoms with E-state index in [1.165, 1.54) is 4.88 Å². The molecule has 0 aliphatic rings. The number of rotatable bonds is 7. The van der Waals surface area contributed by atoms with Crippen LogP contribution in [0.3, 0.4) is 0 Å². The molecule has 0 saturated carbocycles. The van der Waals surface area contributed by atoms with Crippen LogP contribution in [0, 0.1) is 0 Å². The molecule has 98 valence electrons. The van der Waals surface area contributed by atoms with E-state index < -0.39 is 0 Å². The Hall–Kier alpha value is 0.0600. The third-order valence-corrected chi connectivity index (χ3v) is 4.52. The van der Waals surface area contributed by atoms with E-state index in [-0.39, 0.29) is 12.1 Å². The SMILES string of the molecule is CCN(CCOC)C(c1cc(Br)cs1)C(C)N. The first-order valence-corrected chi connectivity index (χ1v) is 7.49. The summed E-state index contributed by atoms with van der Waals surface area (Å²) in [5, 5.41) is 2.11. The normalized spacial score (nSPS) is 15.2. The Bertz CT molecular complexity index is 330.